The van der Waals surface area contributed by atoms with Gasteiger partial charge in [-0.1, -0.05) is 29.8 Å². The summed E-state index contributed by atoms with van der Waals surface area (Å²) in [6.45, 7) is 1.12. The first-order chi connectivity index (χ1) is 8.27. The molecule has 1 aromatic heterocycles. The lowest BCUT2D eigenvalue weighted by atomic mass is 10.1. The average Bonchev–Trinajstić information content (AvgIpc) is 2.82. The minimum absolute atomic E-state index is 0.453. The van der Waals surface area contributed by atoms with Crippen LogP contribution in [0.1, 0.15) is 17.2 Å². The fourth-order valence-corrected chi connectivity index (χ4v) is 1.86. The highest BCUT2D eigenvalue weighted by Gasteiger charge is 2.10. The van der Waals surface area contributed by atoms with E-state index in [-0.39, 0.29) is 0 Å². The van der Waals surface area contributed by atoms with Crippen molar-refractivity contribution in [1.82, 2.24) is 5.32 Å². The molecule has 0 bridgehead atoms. The van der Waals surface area contributed by atoms with Gasteiger partial charge in [0.1, 0.15) is 0 Å². The van der Waals surface area contributed by atoms with Gasteiger partial charge < -0.3 is 14.8 Å². The molecule has 2 aromatic rings. The van der Waals surface area contributed by atoms with Gasteiger partial charge in [0.05, 0.1) is 18.6 Å². The average molecular weight is 252 g/mol. The number of benzene rings is 1. The number of furan rings is 1. The lowest BCUT2D eigenvalue weighted by Crippen LogP contribution is -2.21. The monoisotopic (exact) mass is 251 g/mol. The molecule has 1 aromatic carbocycles. The topological polar surface area (TPSA) is 45.4 Å². The van der Waals surface area contributed by atoms with Crippen LogP contribution in [0.25, 0.3) is 0 Å². The van der Waals surface area contributed by atoms with Crippen LogP contribution in [0.15, 0.2) is 47.3 Å². The Kier molecular flexibility index (Phi) is 4.20. The molecule has 0 amide bonds. The number of rotatable bonds is 5. The van der Waals surface area contributed by atoms with Crippen molar-refractivity contribution in [2.75, 3.05) is 6.54 Å². The van der Waals surface area contributed by atoms with Gasteiger partial charge in [-0.3, -0.25) is 0 Å². The maximum absolute atomic E-state index is 9.96. The summed E-state index contributed by atoms with van der Waals surface area (Å²) in [4.78, 5) is 0. The predicted molar refractivity (Wildman–Crippen MR) is 66.8 cm³/mol. The maximum atomic E-state index is 9.96. The standard InChI is InChI=1S/C13H14ClNO2/c14-12-4-2-1-3-11(12)13(16)8-15-7-10-5-6-17-9-10/h1-6,9,13,15-16H,7-8H2. The molecule has 0 aliphatic rings. The number of halogens is 1. The number of hydrogen-bond donors (Lipinski definition) is 2. The Labute approximate surface area is 105 Å². The molecule has 1 heterocycles. The molecule has 1 unspecified atom stereocenters. The summed E-state index contributed by atoms with van der Waals surface area (Å²) in [7, 11) is 0. The Morgan fingerprint density at radius 1 is 1.29 bits per heavy atom. The van der Waals surface area contributed by atoms with E-state index in [4.69, 9.17) is 16.0 Å². The van der Waals surface area contributed by atoms with Crippen LogP contribution in [0.4, 0.5) is 0 Å². The molecule has 0 aliphatic carbocycles. The second kappa shape index (κ2) is 5.87. The molecule has 17 heavy (non-hydrogen) atoms. The second-order valence-electron chi connectivity index (χ2n) is 3.80. The summed E-state index contributed by atoms with van der Waals surface area (Å²) in [5.74, 6) is 0. The van der Waals surface area contributed by atoms with Gasteiger partial charge in [0.25, 0.3) is 0 Å². The SMILES string of the molecule is OC(CNCc1ccoc1)c1ccccc1Cl. The van der Waals surface area contributed by atoms with Crippen LogP contribution in [0, 0.1) is 0 Å². The molecule has 90 valence electrons. The molecule has 0 radical (unpaired) electrons. The van der Waals surface area contributed by atoms with Crippen molar-refractivity contribution in [2.24, 2.45) is 0 Å². The van der Waals surface area contributed by atoms with E-state index in [1.165, 1.54) is 0 Å². The molecule has 3 nitrogen and oxygen atoms in total. The van der Waals surface area contributed by atoms with Crippen LogP contribution in [0.3, 0.4) is 0 Å². The molecular formula is C13H14ClNO2. The Hall–Kier alpha value is -1.29. The van der Waals surface area contributed by atoms with Crippen molar-refractivity contribution in [3.63, 3.8) is 0 Å². The fourth-order valence-electron chi connectivity index (χ4n) is 1.60. The van der Waals surface area contributed by atoms with Crippen LogP contribution >= 0.6 is 11.6 Å². The van der Waals surface area contributed by atoms with Gasteiger partial charge in [-0.05, 0) is 12.1 Å². The van der Waals surface area contributed by atoms with Gasteiger partial charge >= 0.3 is 0 Å². The first-order valence-electron chi connectivity index (χ1n) is 5.41. The molecule has 4 heteroatoms. The van der Waals surface area contributed by atoms with Crippen molar-refractivity contribution in [3.8, 4) is 0 Å². The van der Waals surface area contributed by atoms with E-state index >= 15 is 0 Å². The zero-order valence-electron chi connectivity index (χ0n) is 9.27. The molecule has 0 saturated heterocycles. The van der Waals surface area contributed by atoms with Crippen molar-refractivity contribution >= 4 is 11.6 Å². The lowest BCUT2D eigenvalue weighted by Gasteiger charge is -2.13. The molecule has 1 atom stereocenters. The summed E-state index contributed by atoms with van der Waals surface area (Å²) in [6, 6.07) is 9.19. The van der Waals surface area contributed by atoms with Gasteiger partial charge in [-0.25, -0.2) is 0 Å². The lowest BCUT2D eigenvalue weighted by molar-refractivity contribution is 0.174. The maximum Gasteiger partial charge on any atom is 0.0947 e. The van der Waals surface area contributed by atoms with Crippen molar-refractivity contribution in [3.05, 3.63) is 59.0 Å². The van der Waals surface area contributed by atoms with Crippen molar-refractivity contribution in [2.45, 2.75) is 12.6 Å². The molecule has 0 fully saturated rings. The van der Waals surface area contributed by atoms with E-state index < -0.39 is 6.10 Å². The Morgan fingerprint density at radius 2 is 2.12 bits per heavy atom. The van der Waals surface area contributed by atoms with Gasteiger partial charge in [-0.2, -0.15) is 0 Å². The van der Waals surface area contributed by atoms with E-state index in [1.54, 1.807) is 18.6 Å². The number of nitrogens with one attached hydrogen (secondary N) is 1. The third-order valence-electron chi connectivity index (χ3n) is 2.51. The van der Waals surface area contributed by atoms with Crippen LogP contribution in [-0.4, -0.2) is 11.7 Å². The Balaban J connectivity index is 1.85. The molecule has 0 saturated carbocycles. The summed E-state index contributed by atoms with van der Waals surface area (Å²) >= 11 is 5.99. The van der Waals surface area contributed by atoms with Crippen LogP contribution in [0.2, 0.25) is 5.02 Å². The number of hydrogen-bond acceptors (Lipinski definition) is 3. The van der Waals surface area contributed by atoms with Crippen LogP contribution in [0.5, 0.6) is 0 Å². The molecule has 2 rings (SSSR count). The largest absolute Gasteiger partial charge is 0.472 e. The molecule has 0 aliphatic heterocycles. The van der Waals surface area contributed by atoms with Crippen LogP contribution < -0.4 is 5.32 Å². The predicted octanol–water partition coefficient (Wildman–Crippen LogP) is 2.76. The second-order valence-corrected chi connectivity index (χ2v) is 4.21. The van der Waals surface area contributed by atoms with E-state index in [9.17, 15) is 5.11 Å². The zero-order chi connectivity index (χ0) is 12.1. The Bertz CT molecular complexity index is 456. The fraction of sp³-hybridized carbons (Fsp3) is 0.231. The van der Waals surface area contributed by atoms with Crippen molar-refractivity contribution in [1.29, 1.82) is 0 Å². The highest BCUT2D eigenvalue weighted by Crippen LogP contribution is 2.21. The van der Waals surface area contributed by atoms with Gasteiger partial charge in [-0.15, -0.1) is 0 Å². The third kappa shape index (κ3) is 3.33. The summed E-state index contributed by atoms with van der Waals surface area (Å²) < 4.78 is 4.95. The minimum atomic E-state index is -0.601. The summed E-state index contributed by atoms with van der Waals surface area (Å²) in [5.41, 5.74) is 1.80. The quantitative estimate of drug-likeness (QED) is 0.859. The van der Waals surface area contributed by atoms with Gasteiger partial charge in [0.15, 0.2) is 0 Å². The molecule has 2 N–H and O–H groups in total. The van der Waals surface area contributed by atoms with E-state index in [2.05, 4.69) is 5.32 Å². The van der Waals surface area contributed by atoms with E-state index in [0.29, 0.717) is 18.1 Å². The molecular weight excluding hydrogens is 238 g/mol. The van der Waals surface area contributed by atoms with Crippen molar-refractivity contribution < 1.29 is 9.52 Å². The first-order valence-corrected chi connectivity index (χ1v) is 5.79. The Morgan fingerprint density at radius 3 is 2.82 bits per heavy atom. The summed E-state index contributed by atoms with van der Waals surface area (Å²) in [6.07, 6.45) is 2.70. The normalized spacial score (nSPS) is 12.6. The third-order valence-corrected chi connectivity index (χ3v) is 2.86. The van der Waals surface area contributed by atoms with E-state index in [0.717, 1.165) is 11.1 Å². The highest BCUT2D eigenvalue weighted by molar-refractivity contribution is 6.31. The smallest absolute Gasteiger partial charge is 0.0947 e. The van der Waals surface area contributed by atoms with Gasteiger partial charge in [0.2, 0.25) is 0 Å². The molecule has 0 spiro atoms. The summed E-state index contributed by atoms with van der Waals surface area (Å²) in [5, 5.41) is 13.7. The highest BCUT2D eigenvalue weighted by atomic mass is 35.5. The first kappa shape index (κ1) is 12.2. The number of aliphatic hydroxyl groups excluding tert-OH is 1. The van der Waals surface area contributed by atoms with E-state index in [1.807, 2.05) is 24.3 Å². The minimum Gasteiger partial charge on any atom is -0.472 e. The number of aliphatic hydroxyl groups is 1. The zero-order valence-corrected chi connectivity index (χ0v) is 10.0. The van der Waals surface area contributed by atoms with Gasteiger partial charge in [0, 0.05) is 29.2 Å². The van der Waals surface area contributed by atoms with Crippen LogP contribution in [-0.2, 0) is 6.54 Å².